The van der Waals surface area contributed by atoms with Gasteiger partial charge in [-0.25, -0.2) is 13.1 Å². The van der Waals surface area contributed by atoms with Crippen molar-refractivity contribution in [3.05, 3.63) is 70.3 Å². The van der Waals surface area contributed by atoms with Crippen LogP contribution in [0.1, 0.15) is 12.5 Å². The molecule has 2 aromatic rings. The largest absolute Gasteiger partial charge is 0.357 e. The van der Waals surface area contributed by atoms with Gasteiger partial charge < -0.3 is 10.2 Å². The van der Waals surface area contributed by atoms with Gasteiger partial charge in [-0.05, 0) is 18.6 Å². The van der Waals surface area contributed by atoms with Crippen LogP contribution in [0.3, 0.4) is 0 Å². The molecule has 0 heterocycles. The third-order valence-corrected chi connectivity index (χ3v) is 5.42. The molecule has 164 valence electrons. The number of guanidine groups is 1. The van der Waals surface area contributed by atoms with Crippen molar-refractivity contribution in [2.75, 3.05) is 26.7 Å². The number of aliphatic imine (C=N–C) groups is 1. The molecule has 0 bridgehead atoms. The Hall–Kier alpha value is -2.25. The molecular formula is C19H26IN5O4S. The second-order valence-corrected chi connectivity index (χ2v) is 8.00. The Balaban J connectivity index is 0.00000450. The zero-order chi connectivity index (χ0) is 21.3. The monoisotopic (exact) mass is 547 g/mol. The highest BCUT2D eigenvalue weighted by Crippen LogP contribution is 2.16. The van der Waals surface area contributed by atoms with Crippen molar-refractivity contribution < 1.29 is 13.3 Å². The molecule has 9 nitrogen and oxygen atoms in total. The lowest BCUT2D eigenvalue weighted by Gasteiger charge is -2.22. The van der Waals surface area contributed by atoms with Crippen molar-refractivity contribution in [3.8, 4) is 0 Å². The number of hydrogen-bond donors (Lipinski definition) is 2. The molecule has 0 aliphatic rings. The number of hydrogen-bond acceptors (Lipinski definition) is 5. The molecule has 0 amide bonds. The Morgan fingerprint density at radius 1 is 1.17 bits per heavy atom. The first-order valence-corrected chi connectivity index (χ1v) is 10.6. The number of non-ortho nitro benzene ring substituents is 1. The van der Waals surface area contributed by atoms with Crippen LogP contribution in [0.5, 0.6) is 0 Å². The van der Waals surface area contributed by atoms with E-state index in [1.807, 2.05) is 49.2 Å². The van der Waals surface area contributed by atoms with Gasteiger partial charge in [0.05, 0.1) is 16.4 Å². The highest BCUT2D eigenvalue weighted by atomic mass is 127. The van der Waals surface area contributed by atoms with Gasteiger partial charge in [-0.2, -0.15) is 0 Å². The van der Waals surface area contributed by atoms with Crippen molar-refractivity contribution in [2.24, 2.45) is 4.99 Å². The molecule has 0 radical (unpaired) electrons. The summed E-state index contributed by atoms with van der Waals surface area (Å²) >= 11 is 0. The van der Waals surface area contributed by atoms with Crippen LogP contribution in [-0.4, -0.2) is 50.9 Å². The normalized spacial score (nSPS) is 11.5. The lowest BCUT2D eigenvalue weighted by atomic mass is 10.2. The third kappa shape index (κ3) is 7.88. The van der Waals surface area contributed by atoms with E-state index in [9.17, 15) is 18.5 Å². The smallest absolute Gasteiger partial charge is 0.270 e. The summed E-state index contributed by atoms with van der Waals surface area (Å²) in [5.41, 5.74) is 0.856. The van der Waals surface area contributed by atoms with Crippen molar-refractivity contribution in [1.82, 2.24) is 14.9 Å². The van der Waals surface area contributed by atoms with Crippen molar-refractivity contribution in [3.63, 3.8) is 0 Å². The van der Waals surface area contributed by atoms with Crippen LogP contribution in [0.4, 0.5) is 5.69 Å². The number of nitrogens with zero attached hydrogens (tertiary/aromatic N) is 3. The standard InChI is InChI=1S/C19H25N5O4S.HI/c1-3-20-19(23(2)15-16-8-5-4-6-9-16)21-12-13-22-29(27,28)18-11-7-10-17(14-18)24(25)26;/h4-11,14,22H,3,12-13,15H2,1-2H3,(H,20,21);1H. The maximum atomic E-state index is 12.3. The molecular weight excluding hydrogens is 521 g/mol. The van der Waals surface area contributed by atoms with Crippen LogP contribution in [0.2, 0.25) is 0 Å². The number of nitro groups is 1. The van der Waals surface area contributed by atoms with Crippen LogP contribution in [-0.2, 0) is 16.6 Å². The third-order valence-electron chi connectivity index (χ3n) is 3.96. The average molecular weight is 547 g/mol. The fourth-order valence-electron chi connectivity index (χ4n) is 2.59. The minimum atomic E-state index is -3.85. The van der Waals surface area contributed by atoms with E-state index >= 15 is 0 Å². The van der Waals surface area contributed by atoms with E-state index in [0.717, 1.165) is 11.6 Å². The molecule has 0 saturated carbocycles. The summed E-state index contributed by atoms with van der Waals surface area (Å²) in [7, 11) is -1.95. The van der Waals surface area contributed by atoms with Crippen LogP contribution >= 0.6 is 24.0 Å². The summed E-state index contributed by atoms with van der Waals surface area (Å²) < 4.78 is 27.1. The Bertz CT molecular complexity index is 954. The quantitative estimate of drug-likeness (QED) is 0.125. The molecule has 30 heavy (non-hydrogen) atoms. The van der Waals surface area contributed by atoms with E-state index in [0.29, 0.717) is 19.0 Å². The summed E-state index contributed by atoms with van der Waals surface area (Å²) in [6.45, 7) is 3.58. The van der Waals surface area contributed by atoms with Crippen LogP contribution in [0.15, 0.2) is 64.5 Å². The average Bonchev–Trinajstić information content (AvgIpc) is 2.71. The van der Waals surface area contributed by atoms with Gasteiger partial charge in [0, 0.05) is 38.8 Å². The molecule has 0 fully saturated rings. The Kier molecular flexibility index (Phi) is 10.7. The topological polar surface area (TPSA) is 117 Å². The summed E-state index contributed by atoms with van der Waals surface area (Å²) in [6, 6.07) is 14.9. The summed E-state index contributed by atoms with van der Waals surface area (Å²) in [4.78, 5) is 16.5. The van der Waals surface area contributed by atoms with Gasteiger partial charge in [0.1, 0.15) is 0 Å². The minimum absolute atomic E-state index is 0. The van der Waals surface area contributed by atoms with Gasteiger partial charge in [0.2, 0.25) is 10.0 Å². The molecule has 0 spiro atoms. The molecule has 0 aliphatic heterocycles. The SMILES string of the molecule is CCNC(=NCCNS(=O)(=O)c1cccc([N+](=O)[O-])c1)N(C)Cc1ccccc1.I. The molecule has 2 aromatic carbocycles. The molecule has 0 unspecified atom stereocenters. The number of nitro benzene ring substituents is 1. The first-order valence-electron chi connectivity index (χ1n) is 9.11. The fourth-order valence-corrected chi connectivity index (χ4v) is 3.65. The summed E-state index contributed by atoms with van der Waals surface area (Å²) in [5, 5.41) is 14.0. The van der Waals surface area contributed by atoms with Gasteiger partial charge in [-0.1, -0.05) is 36.4 Å². The molecule has 0 atom stereocenters. The maximum absolute atomic E-state index is 12.3. The second kappa shape index (κ2) is 12.4. The van der Waals surface area contributed by atoms with Crippen molar-refractivity contribution in [2.45, 2.75) is 18.4 Å². The highest BCUT2D eigenvalue weighted by molar-refractivity contribution is 14.0. The van der Waals surface area contributed by atoms with E-state index in [1.54, 1.807) is 0 Å². The fraction of sp³-hybridized carbons (Fsp3) is 0.316. The van der Waals surface area contributed by atoms with Gasteiger partial charge in [0.15, 0.2) is 5.96 Å². The van der Waals surface area contributed by atoms with E-state index in [1.165, 1.54) is 18.2 Å². The molecule has 2 rings (SSSR count). The second-order valence-electron chi connectivity index (χ2n) is 6.23. The predicted molar refractivity (Wildman–Crippen MR) is 128 cm³/mol. The lowest BCUT2D eigenvalue weighted by molar-refractivity contribution is -0.385. The first-order chi connectivity index (χ1) is 13.8. The van der Waals surface area contributed by atoms with Crippen molar-refractivity contribution >= 4 is 45.6 Å². The molecule has 0 aliphatic carbocycles. The maximum Gasteiger partial charge on any atom is 0.270 e. The summed E-state index contributed by atoms with van der Waals surface area (Å²) in [6.07, 6.45) is 0. The molecule has 0 saturated heterocycles. The van der Waals surface area contributed by atoms with E-state index < -0.39 is 14.9 Å². The zero-order valence-corrected chi connectivity index (χ0v) is 20.0. The molecule has 2 N–H and O–H groups in total. The Labute approximate surface area is 193 Å². The van der Waals surface area contributed by atoms with E-state index in [2.05, 4.69) is 15.0 Å². The Morgan fingerprint density at radius 3 is 2.50 bits per heavy atom. The first kappa shape index (κ1) is 25.8. The number of halogens is 1. The molecule has 11 heteroatoms. The number of nitrogens with one attached hydrogen (secondary N) is 2. The number of sulfonamides is 1. The summed E-state index contributed by atoms with van der Waals surface area (Å²) in [5.74, 6) is 0.658. The van der Waals surface area contributed by atoms with Crippen LogP contribution < -0.4 is 10.0 Å². The number of rotatable bonds is 9. The van der Waals surface area contributed by atoms with Crippen molar-refractivity contribution in [1.29, 1.82) is 0 Å². The van der Waals surface area contributed by atoms with Gasteiger partial charge in [0.25, 0.3) is 5.69 Å². The van der Waals surface area contributed by atoms with Crippen LogP contribution in [0.25, 0.3) is 0 Å². The van der Waals surface area contributed by atoms with Gasteiger partial charge in [-0.15, -0.1) is 24.0 Å². The van der Waals surface area contributed by atoms with E-state index in [-0.39, 0.29) is 47.6 Å². The van der Waals surface area contributed by atoms with E-state index in [4.69, 9.17) is 0 Å². The highest BCUT2D eigenvalue weighted by Gasteiger charge is 2.17. The molecule has 0 aromatic heterocycles. The lowest BCUT2D eigenvalue weighted by Crippen LogP contribution is -2.39. The van der Waals surface area contributed by atoms with Gasteiger partial charge >= 0.3 is 0 Å². The Morgan fingerprint density at radius 2 is 1.87 bits per heavy atom. The number of benzene rings is 2. The predicted octanol–water partition coefficient (Wildman–Crippen LogP) is 2.59. The minimum Gasteiger partial charge on any atom is -0.357 e. The van der Waals surface area contributed by atoms with Crippen LogP contribution in [0, 0.1) is 10.1 Å². The zero-order valence-electron chi connectivity index (χ0n) is 16.8. The van der Waals surface area contributed by atoms with Gasteiger partial charge in [-0.3, -0.25) is 15.1 Å².